The molecule has 1 aliphatic rings. The van der Waals surface area contributed by atoms with Gasteiger partial charge in [-0.15, -0.1) is 0 Å². The Kier molecular flexibility index (Phi) is 5.86. The first-order valence-electron chi connectivity index (χ1n) is 9.04. The van der Waals surface area contributed by atoms with Crippen LogP contribution in [0.3, 0.4) is 0 Å². The molecule has 0 saturated carbocycles. The van der Waals surface area contributed by atoms with Gasteiger partial charge in [-0.2, -0.15) is 0 Å². The van der Waals surface area contributed by atoms with Gasteiger partial charge in [0.15, 0.2) is 6.10 Å². The summed E-state index contributed by atoms with van der Waals surface area (Å²) >= 11 is 6.05. The Balaban J connectivity index is 1.91. The number of sulfonamides is 1. The summed E-state index contributed by atoms with van der Waals surface area (Å²) in [5.41, 5.74) is 3.12. The molecule has 8 heteroatoms. The average Bonchev–Trinajstić information content (AvgIpc) is 2.82. The van der Waals surface area contributed by atoms with Crippen molar-refractivity contribution in [3.63, 3.8) is 0 Å². The molecule has 1 amide bonds. The molecule has 150 valence electrons. The van der Waals surface area contributed by atoms with Crippen molar-refractivity contribution in [2.24, 2.45) is 0 Å². The van der Waals surface area contributed by atoms with Crippen LogP contribution in [-0.4, -0.2) is 33.2 Å². The molecule has 1 atom stereocenters. The van der Waals surface area contributed by atoms with Crippen LogP contribution in [0.4, 0.5) is 11.4 Å². The SMILES string of the molecule is CCc1cccc(C)c1NC(=O)[C@@H]1CCN(S(C)(=O)=O)c2cc(Cl)ccc2O1. The van der Waals surface area contributed by atoms with Gasteiger partial charge in [0.1, 0.15) is 5.75 Å². The Morgan fingerprint density at radius 2 is 2.07 bits per heavy atom. The van der Waals surface area contributed by atoms with Gasteiger partial charge in [0.05, 0.1) is 11.9 Å². The third kappa shape index (κ3) is 4.25. The molecule has 1 aliphatic heterocycles. The normalized spacial score (nSPS) is 16.7. The highest BCUT2D eigenvalue weighted by Crippen LogP contribution is 2.36. The first-order valence-corrected chi connectivity index (χ1v) is 11.3. The topological polar surface area (TPSA) is 75.7 Å². The number of aryl methyl sites for hydroxylation is 2. The van der Waals surface area contributed by atoms with E-state index >= 15 is 0 Å². The maximum absolute atomic E-state index is 12.9. The number of carbonyl (C=O) groups excluding carboxylic acids is 1. The van der Waals surface area contributed by atoms with Crippen molar-refractivity contribution in [3.8, 4) is 5.75 Å². The van der Waals surface area contributed by atoms with Crippen LogP contribution in [0.25, 0.3) is 0 Å². The predicted molar refractivity (Wildman–Crippen MR) is 112 cm³/mol. The van der Waals surface area contributed by atoms with Gasteiger partial charge in [-0.25, -0.2) is 8.42 Å². The molecule has 2 aromatic carbocycles. The van der Waals surface area contributed by atoms with Crippen molar-refractivity contribution in [1.29, 1.82) is 0 Å². The molecule has 0 aliphatic carbocycles. The van der Waals surface area contributed by atoms with Crippen LogP contribution >= 0.6 is 11.6 Å². The van der Waals surface area contributed by atoms with E-state index in [0.717, 1.165) is 29.5 Å². The van der Waals surface area contributed by atoms with Crippen molar-refractivity contribution >= 4 is 38.9 Å². The van der Waals surface area contributed by atoms with E-state index in [-0.39, 0.29) is 18.9 Å². The number of nitrogens with one attached hydrogen (secondary N) is 1. The number of rotatable bonds is 4. The second-order valence-electron chi connectivity index (χ2n) is 6.79. The number of hydrogen-bond donors (Lipinski definition) is 1. The maximum atomic E-state index is 12.9. The summed E-state index contributed by atoms with van der Waals surface area (Å²) in [7, 11) is -3.54. The fourth-order valence-electron chi connectivity index (χ4n) is 3.29. The smallest absolute Gasteiger partial charge is 0.265 e. The number of halogens is 1. The molecule has 6 nitrogen and oxygen atoms in total. The Hall–Kier alpha value is -2.25. The molecule has 0 saturated heterocycles. The molecule has 0 unspecified atom stereocenters. The number of para-hydroxylation sites is 1. The van der Waals surface area contributed by atoms with E-state index in [9.17, 15) is 13.2 Å². The van der Waals surface area contributed by atoms with Gasteiger partial charge in [-0.1, -0.05) is 36.7 Å². The van der Waals surface area contributed by atoms with Gasteiger partial charge in [0.2, 0.25) is 10.0 Å². The largest absolute Gasteiger partial charge is 0.478 e. The quantitative estimate of drug-likeness (QED) is 0.813. The van der Waals surface area contributed by atoms with Crippen LogP contribution in [-0.2, 0) is 21.2 Å². The van der Waals surface area contributed by atoms with Crippen molar-refractivity contribution in [1.82, 2.24) is 0 Å². The monoisotopic (exact) mass is 422 g/mol. The van der Waals surface area contributed by atoms with Crippen molar-refractivity contribution in [2.75, 3.05) is 22.4 Å². The number of carbonyl (C=O) groups is 1. The van der Waals surface area contributed by atoms with Crippen molar-refractivity contribution in [3.05, 3.63) is 52.5 Å². The number of hydrogen-bond acceptors (Lipinski definition) is 4. The fourth-order valence-corrected chi connectivity index (χ4v) is 4.39. The Labute approximate surface area is 170 Å². The molecule has 1 N–H and O–H groups in total. The van der Waals surface area contributed by atoms with E-state index in [0.29, 0.717) is 16.5 Å². The van der Waals surface area contributed by atoms with Gasteiger partial charge < -0.3 is 10.1 Å². The third-order valence-electron chi connectivity index (χ3n) is 4.73. The van der Waals surface area contributed by atoms with Crippen molar-refractivity contribution in [2.45, 2.75) is 32.8 Å². The fraction of sp³-hybridized carbons (Fsp3) is 0.350. The van der Waals surface area contributed by atoms with Gasteiger partial charge in [-0.3, -0.25) is 9.10 Å². The molecule has 1 heterocycles. The summed E-state index contributed by atoms with van der Waals surface area (Å²) in [5, 5.41) is 3.36. The summed E-state index contributed by atoms with van der Waals surface area (Å²) in [6, 6.07) is 10.6. The first-order chi connectivity index (χ1) is 13.2. The number of anilines is 2. The molecule has 0 aromatic heterocycles. The minimum Gasteiger partial charge on any atom is -0.478 e. The zero-order chi connectivity index (χ0) is 20.5. The van der Waals surface area contributed by atoms with E-state index < -0.39 is 16.1 Å². The molecular formula is C20H23ClN2O4S. The van der Waals surface area contributed by atoms with Gasteiger partial charge >= 0.3 is 0 Å². The van der Waals surface area contributed by atoms with Crippen LogP contribution in [0, 0.1) is 6.92 Å². The molecule has 3 rings (SSSR count). The highest BCUT2D eigenvalue weighted by molar-refractivity contribution is 7.92. The van der Waals surface area contributed by atoms with E-state index in [4.69, 9.17) is 16.3 Å². The Morgan fingerprint density at radius 1 is 1.32 bits per heavy atom. The summed E-state index contributed by atoms with van der Waals surface area (Å²) < 4.78 is 31.6. The van der Waals surface area contributed by atoms with Crippen LogP contribution < -0.4 is 14.4 Å². The Morgan fingerprint density at radius 3 is 2.75 bits per heavy atom. The van der Waals surface area contributed by atoms with E-state index in [1.165, 1.54) is 10.4 Å². The Bertz CT molecular complexity index is 1010. The van der Waals surface area contributed by atoms with E-state index in [2.05, 4.69) is 5.32 Å². The maximum Gasteiger partial charge on any atom is 0.265 e. The molecule has 28 heavy (non-hydrogen) atoms. The number of ether oxygens (including phenoxy) is 1. The minimum absolute atomic E-state index is 0.124. The molecule has 0 spiro atoms. The number of benzene rings is 2. The number of fused-ring (bicyclic) bond motifs is 1. The van der Waals surface area contributed by atoms with Crippen LogP contribution in [0.5, 0.6) is 5.75 Å². The highest BCUT2D eigenvalue weighted by atomic mass is 35.5. The lowest BCUT2D eigenvalue weighted by molar-refractivity contribution is -0.122. The van der Waals surface area contributed by atoms with Gasteiger partial charge in [-0.05, 0) is 42.7 Å². The van der Waals surface area contributed by atoms with Crippen LogP contribution in [0.2, 0.25) is 5.02 Å². The summed E-state index contributed by atoms with van der Waals surface area (Å²) in [6.07, 6.45) is 1.31. The molecule has 2 aromatic rings. The minimum atomic E-state index is -3.54. The lowest BCUT2D eigenvalue weighted by Crippen LogP contribution is -2.36. The summed E-state index contributed by atoms with van der Waals surface area (Å²) in [4.78, 5) is 12.9. The van der Waals surface area contributed by atoms with Gasteiger partial charge in [0, 0.05) is 23.7 Å². The van der Waals surface area contributed by atoms with E-state index in [1.54, 1.807) is 12.1 Å². The average molecular weight is 423 g/mol. The van der Waals surface area contributed by atoms with Crippen LogP contribution in [0.1, 0.15) is 24.5 Å². The van der Waals surface area contributed by atoms with Crippen LogP contribution in [0.15, 0.2) is 36.4 Å². The molecular weight excluding hydrogens is 400 g/mol. The molecule has 0 radical (unpaired) electrons. The second kappa shape index (κ2) is 8.01. The molecule has 0 fully saturated rings. The predicted octanol–water partition coefficient (Wildman–Crippen LogP) is 3.77. The second-order valence-corrected chi connectivity index (χ2v) is 9.14. The zero-order valence-electron chi connectivity index (χ0n) is 16.0. The van der Waals surface area contributed by atoms with Gasteiger partial charge in [0.25, 0.3) is 5.91 Å². The van der Waals surface area contributed by atoms with Crippen molar-refractivity contribution < 1.29 is 17.9 Å². The third-order valence-corrected chi connectivity index (χ3v) is 6.15. The lowest BCUT2D eigenvalue weighted by atomic mass is 10.1. The lowest BCUT2D eigenvalue weighted by Gasteiger charge is -2.21. The number of nitrogens with zero attached hydrogens (tertiary/aromatic N) is 1. The standard InChI is InChI=1S/C20H23ClN2O4S/c1-4-14-7-5-6-13(2)19(14)22-20(24)18-10-11-23(28(3,25)26)16-12-15(21)8-9-17(16)27-18/h5-9,12,18H,4,10-11H2,1-3H3,(H,22,24)/t18-/m0/s1. The summed E-state index contributed by atoms with van der Waals surface area (Å²) in [6.45, 7) is 4.08. The number of amides is 1. The summed E-state index contributed by atoms with van der Waals surface area (Å²) in [5.74, 6) is 0.00762. The van der Waals surface area contributed by atoms with E-state index in [1.807, 2.05) is 32.0 Å². The molecule has 0 bridgehead atoms. The first kappa shape index (κ1) is 20.5. The highest BCUT2D eigenvalue weighted by Gasteiger charge is 2.31. The zero-order valence-corrected chi connectivity index (χ0v) is 17.6.